The van der Waals surface area contributed by atoms with Gasteiger partial charge in [-0.3, -0.25) is 18.8 Å². The molecule has 0 unspecified atom stereocenters. The van der Waals surface area contributed by atoms with Crippen LogP contribution in [0.2, 0.25) is 0 Å². The Labute approximate surface area is 201 Å². The molecule has 3 rings (SSSR count). The van der Waals surface area contributed by atoms with Crippen molar-refractivity contribution in [2.45, 2.75) is 32.1 Å². The van der Waals surface area contributed by atoms with E-state index in [2.05, 4.69) is 20.9 Å². The van der Waals surface area contributed by atoms with Crippen LogP contribution in [0.15, 0.2) is 36.0 Å². The van der Waals surface area contributed by atoms with Gasteiger partial charge in [0.15, 0.2) is 4.96 Å². The number of methoxy groups -OCH3 is 1. The zero-order valence-corrected chi connectivity index (χ0v) is 20.0. The first-order chi connectivity index (χ1) is 16.5. The highest BCUT2D eigenvalue weighted by Crippen LogP contribution is 2.23. The summed E-state index contributed by atoms with van der Waals surface area (Å²) in [5, 5.41) is 10.3. The molecule has 0 spiro atoms. The predicted molar refractivity (Wildman–Crippen MR) is 131 cm³/mol. The number of benzene rings is 1. The quantitative estimate of drug-likeness (QED) is 0.274. The van der Waals surface area contributed by atoms with E-state index in [1.165, 1.54) is 18.4 Å². The minimum atomic E-state index is -0.369. The number of nitrogens with zero attached hydrogens (tertiary/aromatic N) is 2. The lowest BCUT2D eigenvalue weighted by Gasteiger charge is -2.12. The van der Waals surface area contributed by atoms with Crippen LogP contribution in [0.25, 0.3) is 4.96 Å². The third kappa shape index (κ3) is 7.03. The number of hydrogen-bond acceptors (Lipinski definition) is 7. The number of fused-ring (bicyclic) bond motifs is 1. The number of anilines is 1. The average molecular weight is 487 g/mol. The van der Waals surface area contributed by atoms with Gasteiger partial charge in [0.05, 0.1) is 12.7 Å². The fourth-order valence-electron chi connectivity index (χ4n) is 3.30. The van der Waals surface area contributed by atoms with Crippen LogP contribution >= 0.6 is 11.3 Å². The lowest BCUT2D eigenvalue weighted by molar-refractivity contribution is -0.121. The van der Waals surface area contributed by atoms with Gasteiger partial charge in [0, 0.05) is 43.0 Å². The van der Waals surface area contributed by atoms with Crippen molar-refractivity contribution >= 4 is 39.7 Å². The molecule has 0 fully saturated rings. The van der Waals surface area contributed by atoms with Crippen molar-refractivity contribution < 1.29 is 19.1 Å². The van der Waals surface area contributed by atoms with E-state index in [0.717, 1.165) is 24.2 Å². The molecule has 0 saturated heterocycles. The Kier molecular flexibility index (Phi) is 9.41. The summed E-state index contributed by atoms with van der Waals surface area (Å²) < 4.78 is 7.08. The third-order valence-corrected chi connectivity index (χ3v) is 5.87. The number of imidazole rings is 1. The highest BCUT2D eigenvalue weighted by atomic mass is 32.1. The van der Waals surface area contributed by atoms with Crippen LogP contribution < -0.4 is 26.4 Å². The van der Waals surface area contributed by atoms with Crippen molar-refractivity contribution in [3.63, 3.8) is 0 Å². The van der Waals surface area contributed by atoms with Gasteiger partial charge in [0.2, 0.25) is 5.91 Å². The minimum Gasteiger partial charge on any atom is -0.496 e. The van der Waals surface area contributed by atoms with E-state index in [9.17, 15) is 14.4 Å². The molecule has 0 atom stereocenters. The fraction of sp³-hybridized carbons (Fsp3) is 0.391. The molecule has 34 heavy (non-hydrogen) atoms. The monoisotopic (exact) mass is 486 g/mol. The molecule has 2 aromatic heterocycles. The highest BCUT2D eigenvalue weighted by Gasteiger charge is 2.16. The zero-order chi connectivity index (χ0) is 24.3. The molecule has 10 nitrogen and oxygen atoms in total. The molecule has 0 aliphatic carbocycles. The number of amides is 3. The molecule has 2 heterocycles. The Morgan fingerprint density at radius 2 is 1.91 bits per heavy atom. The van der Waals surface area contributed by atoms with Gasteiger partial charge in [-0.2, -0.15) is 0 Å². The van der Waals surface area contributed by atoms with Crippen LogP contribution in [0, 0.1) is 0 Å². The van der Waals surface area contributed by atoms with E-state index in [0.29, 0.717) is 49.5 Å². The summed E-state index contributed by atoms with van der Waals surface area (Å²) in [6.45, 7) is 1.51. The number of thiazole rings is 1. The number of ether oxygens (including phenoxy) is 1. The highest BCUT2D eigenvalue weighted by molar-refractivity contribution is 7.15. The average Bonchev–Trinajstić information content (AvgIpc) is 3.44. The number of nitrogens with two attached hydrogens (primary N) is 1. The van der Waals surface area contributed by atoms with Crippen molar-refractivity contribution in [1.82, 2.24) is 20.0 Å². The van der Waals surface area contributed by atoms with Crippen molar-refractivity contribution in [2.24, 2.45) is 5.73 Å². The van der Waals surface area contributed by atoms with Crippen LogP contribution in [-0.2, 0) is 4.79 Å². The Morgan fingerprint density at radius 3 is 2.68 bits per heavy atom. The van der Waals surface area contributed by atoms with Crippen LogP contribution in [0.4, 0.5) is 5.69 Å². The molecule has 182 valence electrons. The molecule has 0 radical (unpaired) electrons. The van der Waals surface area contributed by atoms with E-state index in [1.807, 2.05) is 11.6 Å². The summed E-state index contributed by atoms with van der Waals surface area (Å²) in [7, 11) is 1.48. The second-order valence-electron chi connectivity index (χ2n) is 7.65. The summed E-state index contributed by atoms with van der Waals surface area (Å²) in [5.41, 5.74) is 6.48. The first-order valence-electron chi connectivity index (χ1n) is 11.2. The second-order valence-corrected chi connectivity index (χ2v) is 8.52. The van der Waals surface area contributed by atoms with Crippen LogP contribution in [0.5, 0.6) is 5.75 Å². The Balaban J connectivity index is 1.48. The van der Waals surface area contributed by atoms with Gasteiger partial charge in [-0.1, -0.05) is 6.42 Å². The van der Waals surface area contributed by atoms with Gasteiger partial charge in [0.25, 0.3) is 11.8 Å². The number of rotatable bonds is 13. The van der Waals surface area contributed by atoms with Crippen LogP contribution in [0.1, 0.15) is 53.0 Å². The molecule has 0 bridgehead atoms. The number of hydrogen-bond donors (Lipinski definition) is 4. The zero-order valence-electron chi connectivity index (χ0n) is 19.1. The smallest absolute Gasteiger partial charge is 0.275 e. The lowest BCUT2D eigenvalue weighted by Crippen LogP contribution is -2.30. The first-order valence-corrected chi connectivity index (χ1v) is 12.1. The Bertz CT molecular complexity index is 1100. The van der Waals surface area contributed by atoms with Gasteiger partial charge in [-0.25, -0.2) is 4.98 Å². The standard InChI is InChI=1S/C23H30N6O4S/c1-33-19-8-7-16(27-22(32)18-15-29-12-13-34-23(29)28-18)14-17(19)21(31)26-11-5-10-25-20(30)6-3-2-4-9-24/h7-8,12-15H,2-6,9-11,24H2,1H3,(H,25,30)(H,26,31)(H,27,32). The molecule has 1 aromatic carbocycles. The maximum absolute atomic E-state index is 12.7. The molecular weight excluding hydrogens is 456 g/mol. The van der Waals surface area contributed by atoms with Crippen molar-refractivity contribution in [3.8, 4) is 5.75 Å². The number of carbonyl (C=O) groups excluding carboxylic acids is 3. The molecule has 0 aliphatic rings. The topological polar surface area (TPSA) is 140 Å². The Hall–Kier alpha value is -3.44. The summed E-state index contributed by atoms with van der Waals surface area (Å²) in [6.07, 6.45) is 7.25. The van der Waals surface area contributed by atoms with E-state index in [1.54, 1.807) is 28.8 Å². The number of carbonyl (C=O) groups is 3. The van der Waals surface area contributed by atoms with Crippen LogP contribution in [-0.4, -0.2) is 53.9 Å². The van der Waals surface area contributed by atoms with Crippen molar-refractivity contribution in [2.75, 3.05) is 32.1 Å². The van der Waals surface area contributed by atoms with E-state index < -0.39 is 0 Å². The van der Waals surface area contributed by atoms with Crippen molar-refractivity contribution in [1.29, 1.82) is 0 Å². The SMILES string of the molecule is COc1ccc(NC(=O)c2cn3ccsc3n2)cc1C(=O)NCCCNC(=O)CCCCCN. The number of unbranched alkanes of at least 4 members (excludes halogenated alkanes) is 2. The summed E-state index contributed by atoms with van der Waals surface area (Å²) in [6, 6.07) is 4.85. The normalized spacial score (nSPS) is 10.8. The van der Waals surface area contributed by atoms with Gasteiger partial charge in [-0.05, 0) is 44.0 Å². The summed E-state index contributed by atoms with van der Waals surface area (Å²) in [4.78, 5) is 42.1. The molecular formula is C23H30N6O4S. The number of aromatic nitrogens is 2. The Morgan fingerprint density at radius 1 is 1.09 bits per heavy atom. The molecule has 0 saturated carbocycles. The lowest BCUT2D eigenvalue weighted by atomic mass is 10.1. The second kappa shape index (κ2) is 12.7. The minimum absolute atomic E-state index is 0.00557. The molecule has 5 N–H and O–H groups in total. The van der Waals surface area contributed by atoms with Gasteiger partial charge < -0.3 is 26.4 Å². The molecule has 0 aliphatic heterocycles. The summed E-state index contributed by atoms with van der Waals surface area (Å²) in [5.74, 6) is -0.301. The van der Waals surface area contributed by atoms with Gasteiger partial charge in [0.1, 0.15) is 11.4 Å². The summed E-state index contributed by atoms with van der Waals surface area (Å²) >= 11 is 1.44. The largest absolute Gasteiger partial charge is 0.496 e. The third-order valence-electron chi connectivity index (χ3n) is 5.10. The predicted octanol–water partition coefficient (Wildman–Crippen LogP) is 2.41. The van der Waals surface area contributed by atoms with Crippen LogP contribution in [0.3, 0.4) is 0 Å². The number of nitrogens with one attached hydrogen (secondary N) is 3. The van der Waals surface area contributed by atoms with E-state index in [4.69, 9.17) is 10.5 Å². The van der Waals surface area contributed by atoms with E-state index >= 15 is 0 Å². The van der Waals surface area contributed by atoms with Gasteiger partial charge in [-0.15, -0.1) is 11.3 Å². The van der Waals surface area contributed by atoms with Gasteiger partial charge >= 0.3 is 0 Å². The fourth-order valence-corrected chi connectivity index (χ4v) is 4.00. The maximum atomic E-state index is 12.7. The first kappa shape index (κ1) is 25.2. The molecule has 3 amide bonds. The van der Waals surface area contributed by atoms with Crippen molar-refractivity contribution in [3.05, 3.63) is 47.2 Å². The van der Waals surface area contributed by atoms with E-state index in [-0.39, 0.29) is 23.4 Å². The molecule has 11 heteroatoms. The maximum Gasteiger partial charge on any atom is 0.275 e. The molecule has 3 aromatic rings.